The molecule has 0 bridgehead atoms. The summed E-state index contributed by atoms with van der Waals surface area (Å²) in [6.07, 6.45) is 8.25. The minimum Gasteiger partial charge on any atom is -0.454 e. The fourth-order valence-corrected chi connectivity index (χ4v) is 7.92. The van der Waals surface area contributed by atoms with Crippen LogP contribution in [0.25, 0.3) is 44.3 Å². The molecule has 0 unspecified atom stereocenters. The second kappa shape index (κ2) is 9.56. The van der Waals surface area contributed by atoms with Gasteiger partial charge in [0.25, 0.3) is 0 Å². The van der Waals surface area contributed by atoms with Crippen LogP contribution >= 0.6 is 0 Å². The maximum Gasteiger partial charge on any atom is 0.216 e. The minimum atomic E-state index is -0.547. The van der Waals surface area contributed by atoms with Gasteiger partial charge in [0.1, 0.15) is 18.2 Å². The molecule has 212 valence electrons. The van der Waals surface area contributed by atoms with Gasteiger partial charge in [-0.3, -0.25) is 0 Å². The summed E-state index contributed by atoms with van der Waals surface area (Å²) >= 11 is 0. The highest BCUT2D eigenvalue weighted by molar-refractivity contribution is 6.14. The van der Waals surface area contributed by atoms with Crippen molar-refractivity contribution in [2.45, 2.75) is 89.9 Å². The van der Waals surface area contributed by atoms with Gasteiger partial charge < -0.3 is 4.42 Å². The predicted molar refractivity (Wildman–Crippen MR) is 172 cm³/mol. The van der Waals surface area contributed by atoms with Gasteiger partial charge in [-0.1, -0.05) is 64.8 Å². The van der Waals surface area contributed by atoms with E-state index in [1.807, 2.05) is 12.1 Å². The summed E-state index contributed by atoms with van der Waals surface area (Å²) in [6, 6.07) is 21.6. The molecule has 1 saturated carbocycles. The van der Waals surface area contributed by atoms with Crippen molar-refractivity contribution in [2.75, 3.05) is 0 Å². The Balaban J connectivity index is 1.60. The summed E-state index contributed by atoms with van der Waals surface area (Å²) in [5, 5.41) is 12.6. The van der Waals surface area contributed by atoms with E-state index in [4.69, 9.17) is 4.42 Å². The zero-order valence-electron chi connectivity index (χ0n) is 26.8. The highest BCUT2D eigenvalue weighted by Crippen LogP contribution is 2.54. The van der Waals surface area contributed by atoms with E-state index in [2.05, 4.69) is 101 Å². The quantitative estimate of drug-likeness (QED) is 0.208. The lowest BCUT2D eigenvalue weighted by Crippen LogP contribution is -2.36. The predicted octanol–water partition coefficient (Wildman–Crippen LogP) is 9.93. The second-order valence-corrected chi connectivity index (χ2v) is 13.9. The van der Waals surface area contributed by atoms with Gasteiger partial charge in [0.05, 0.1) is 17.2 Å². The summed E-state index contributed by atoms with van der Waals surface area (Å²) in [5.74, 6) is -0.547. The van der Waals surface area contributed by atoms with Crippen LogP contribution in [0.1, 0.15) is 101 Å². The van der Waals surface area contributed by atoms with Gasteiger partial charge in [-0.05, 0) is 95.3 Å². The molecule has 7 rings (SSSR count). The SMILES string of the molecule is [2H]C1(c2ccc(-c3c(C#N)ccc4c3oc3c(-c5cccc[n+]5C)c(C)ccc34)c3c2C(C)(C)CCC3(C)C)CCCC1. The smallest absolute Gasteiger partial charge is 0.216 e. The molecule has 0 spiro atoms. The van der Waals surface area contributed by atoms with Crippen LogP contribution in [0, 0.1) is 18.3 Å². The Morgan fingerprint density at radius 2 is 1.52 bits per heavy atom. The van der Waals surface area contributed by atoms with E-state index in [1.54, 1.807) is 0 Å². The van der Waals surface area contributed by atoms with Gasteiger partial charge in [0, 0.05) is 29.8 Å². The first-order valence-corrected chi connectivity index (χ1v) is 15.5. The minimum absolute atomic E-state index is 0.0617. The van der Waals surface area contributed by atoms with E-state index >= 15 is 0 Å². The Morgan fingerprint density at radius 1 is 0.857 bits per heavy atom. The average molecular weight is 555 g/mol. The Bertz CT molecular complexity index is 1980. The van der Waals surface area contributed by atoms with E-state index in [0.29, 0.717) is 5.56 Å². The van der Waals surface area contributed by atoms with Crippen LogP contribution in [0.3, 0.4) is 0 Å². The fourth-order valence-electron chi connectivity index (χ4n) is 7.92. The summed E-state index contributed by atoms with van der Waals surface area (Å²) in [7, 11) is 2.07. The summed E-state index contributed by atoms with van der Waals surface area (Å²) in [5.41, 5.74) is 11.2. The molecule has 3 nitrogen and oxygen atoms in total. The Morgan fingerprint density at radius 3 is 2.21 bits per heavy atom. The summed E-state index contributed by atoms with van der Waals surface area (Å²) < 4.78 is 18.7. The summed E-state index contributed by atoms with van der Waals surface area (Å²) in [4.78, 5) is 0. The van der Waals surface area contributed by atoms with Crippen molar-refractivity contribution in [3.8, 4) is 28.5 Å². The zero-order chi connectivity index (χ0) is 30.3. The zero-order valence-corrected chi connectivity index (χ0v) is 25.8. The van der Waals surface area contributed by atoms with Crippen LogP contribution in [-0.2, 0) is 17.9 Å². The molecule has 0 atom stereocenters. The third-order valence-corrected chi connectivity index (χ3v) is 10.2. The van der Waals surface area contributed by atoms with E-state index in [1.165, 1.54) is 16.7 Å². The molecule has 3 heteroatoms. The monoisotopic (exact) mass is 554 g/mol. The number of pyridine rings is 1. The van der Waals surface area contributed by atoms with Crippen LogP contribution < -0.4 is 4.57 Å². The van der Waals surface area contributed by atoms with Crippen molar-refractivity contribution in [3.63, 3.8) is 0 Å². The molecular weight excluding hydrogens is 512 g/mol. The van der Waals surface area contributed by atoms with Crippen LogP contribution in [0.4, 0.5) is 0 Å². The molecule has 5 aromatic rings. The van der Waals surface area contributed by atoms with Crippen molar-refractivity contribution in [3.05, 3.63) is 88.6 Å². The van der Waals surface area contributed by atoms with Gasteiger partial charge in [-0.2, -0.15) is 5.26 Å². The van der Waals surface area contributed by atoms with E-state index in [9.17, 15) is 6.63 Å². The number of rotatable bonds is 3. The molecule has 3 aromatic carbocycles. The molecule has 0 radical (unpaired) electrons. The Labute approximate surface area is 251 Å². The lowest BCUT2D eigenvalue weighted by Gasteiger charge is -2.45. The molecule has 0 saturated heterocycles. The Hall–Kier alpha value is -3.90. The topological polar surface area (TPSA) is 40.8 Å². The van der Waals surface area contributed by atoms with Crippen LogP contribution in [-0.4, -0.2) is 0 Å². The third kappa shape index (κ3) is 3.95. The first-order valence-electron chi connectivity index (χ1n) is 16.0. The molecule has 42 heavy (non-hydrogen) atoms. The summed E-state index contributed by atoms with van der Waals surface area (Å²) in [6.45, 7) is 11.5. The Kier molecular flexibility index (Phi) is 5.87. The lowest BCUT2D eigenvalue weighted by atomic mass is 9.59. The van der Waals surface area contributed by atoms with Crippen molar-refractivity contribution in [1.82, 2.24) is 0 Å². The van der Waals surface area contributed by atoms with Crippen molar-refractivity contribution in [1.29, 1.82) is 5.26 Å². The second-order valence-electron chi connectivity index (χ2n) is 13.9. The largest absolute Gasteiger partial charge is 0.454 e. The van der Waals surface area contributed by atoms with Crippen molar-refractivity contribution >= 4 is 21.9 Å². The molecule has 0 amide bonds. The number of nitrogens with zero attached hydrogens (tertiary/aromatic N) is 2. The van der Waals surface area contributed by atoms with E-state index in [0.717, 1.165) is 88.4 Å². The normalized spacial score (nSPS) is 19.0. The van der Waals surface area contributed by atoms with Gasteiger partial charge in [0.15, 0.2) is 6.20 Å². The molecule has 2 aliphatic carbocycles. The highest BCUT2D eigenvalue weighted by Gasteiger charge is 2.42. The number of hydrogen-bond donors (Lipinski definition) is 0. The first-order chi connectivity index (χ1) is 20.5. The number of hydrogen-bond acceptors (Lipinski definition) is 2. The maximum absolute atomic E-state index is 10.5. The molecule has 2 heterocycles. The van der Waals surface area contributed by atoms with Gasteiger partial charge in [0.2, 0.25) is 5.69 Å². The molecule has 1 fully saturated rings. The van der Waals surface area contributed by atoms with E-state index < -0.39 is 5.89 Å². The molecule has 0 aliphatic heterocycles. The number of aryl methyl sites for hydroxylation is 2. The van der Waals surface area contributed by atoms with Crippen molar-refractivity contribution in [2.24, 2.45) is 7.05 Å². The van der Waals surface area contributed by atoms with Crippen LogP contribution in [0.2, 0.25) is 0 Å². The number of aromatic nitrogens is 1. The first kappa shape index (κ1) is 25.8. The van der Waals surface area contributed by atoms with Gasteiger partial charge in [-0.25, -0.2) is 4.57 Å². The highest BCUT2D eigenvalue weighted by atomic mass is 16.3. The number of furan rings is 1. The van der Waals surface area contributed by atoms with Gasteiger partial charge >= 0.3 is 0 Å². The molecular formula is C39H41N2O+. The maximum atomic E-state index is 10.5. The lowest BCUT2D eigenvalue weighted by molar-refractivity contribution is -0.660. The standard InChI is InChI=1S/C39H41N2O/c1-24-14-16-28-29-17-15-26(23-40)33(37(29)42-36(28)32(24)31-13-9-10-22-41(31)6)30-19-18-27(25-11-7-8-12-25)34-35(30)39(4,5)21-20-38(34,2)3/h9-10,13-19,22,25H,7-8,11-12,20-21H2,1-6H3/q+1/i25D. The van der Waals surface area contributed by atoms with E-state index in [-0.39, 0.29) is 10.8 Å². The third-order valence-electron chi connectivity index (χ3n) is 10.2. The fraction of sp³-hybridized carbons (Fsp3) is 0.385. The number of nitriles is 1. The van der Waals surface area contributed by atoms with Gasteiger partial charge in [-0.15, -0.1) is 0 Å². The molecule has 0 N–H and O–H groups in total. The van der Waals surface area contributed by atoms with Crippen LogP contribution in [0.15, 0.2) is 65.2 Å². The molecule has 2 aromatic heterocycles. The number of fused-ring (bicyclic) bond motifs is 4. The number of benzene rings is 3. The van der Waals surface area contributed by atoms with Crippen molar-refractivity contribution < 1.29 is 10.4 Å². The average Bonchev–Trinajstić information content (AvgIpc) is 3.59. The van der Waals surface area contributed by atoms with Crippen LogP contribution in [0.5, 0.6) is 0 Å². The molecule has 2 aliphatic rings.